The first-order chi connectivity index (χ1) is 14.3. The van der Waals surface area contributed by atoms with E-state index in [0.717, 1.165) is 25.7 Å². The smallest absolute Gasteiger partial charge is 0.0697 e. The number of aliphatic hydroxyl groups is 2. The van der Waals surface area contributed by atoms with Crippen LogP contribution in [0.2, 0.25) is 0 Å². The number of thioether (sulfide) groups is 1. The highest BCUT2D eigenvalue weighted by molar-refractivity contribution is 8.00. The third-order valence-electron chi connectivity index (χ3n) is 5.35. The van der Waals surface area contributed by atoms with Crippen LogP contribution in [0.15, 0.2) is 47.4 Å². The SMILES string of the molecule is CCCCCCCCCCCCC=C[C@@H](Sc1ccccc1)[C@@H](O)CCCCO. The van der Waals surface area contributed by atoms with Gasteiger partial charge >= 0.3 is 0 Å². The Kier molecular flexibility index (Phi) is 17.4. The second-order valence-corrected chi connectivity index (χ2v) is 9.33. The number of aliphatic hydroxyl groups excluding tert-OH is 2. The second kappa shape index (κ2) is 19.2. The first-order valence-electron chi connectivity index (χ1n) is 11.9. The molecule has 166 valence electrons. The highest BCUT2D eigenvalue weighted by atomic mass is 32.2. The van der Waals surface area contributed by atoms with E-state index in [4.69, 9.17) is 5.11 Å². The summed E-state index contributed by atoms with van der Waals surface area (Å²) in [7, 11) is 0. The molecule has 1 aromatic rings. The zero-order valence-corrected chi connectivity index (χ0v) is 19.4. The summed E-state index contributed by atoms with van der Waals surface area (Å²) in [5.41, 5.74) is 0. The second-order valence-electron chi connectivity index (χ2n) is 8.08. The van der Waals surface area contributed by atoms with Gasteiger partial charge in [-0.25, -0.2) is 0 Å². The number of rotatable bonds is 19. The van der Waals surface area contributed by atoms with Crippen LogP contribution in [-0.4, -0.2) is 28.2 Å². The maximum atomic E-state index is 10.6. The quantitative estimate of drug-likeness (QED) is 0.138. The third-order valence-corrected chi connectivity index (χ3v) is 6.64. The molecule has 0 saturated carbocycles. The molecule has 29 heavy (non-hydrogen) atoms. The van der Waals surface area contributed by atoms with Crippen LogP contribution in [0, 0.1) is 0 Å². The lowest BCUT2D eigenvalue weighted by Gasteiger charge is -2.19. The zero-order valence-electron chi connectivity index (χ0n) is 18.6. The van der Waals surface area contributed by atoms with Crippen LogP contribution in [-0.2, 0) is 0 Å². The van der Waals surface area contributed by atoms with E-state index in [1.54, 1.807) is 11.8 Å². The minimum Gasteiger partial charge on any atom is -0.396 e. The Morgan fingerprint density at radius 2 is 1.45 bits per heavy atom. The Morgan fingerprint density at radius 1 is 0.828 bits per heavy atom. The van der Waals surface area contributed by atoms with E-state index in [1.807, 2.05) is 18.2 Å². The van der Waals surface area contributed by atoms with Gasteiger partial charge in [-0.1, -0.05) is 95.1 Å². The summed E-state index contributed by atoms with van der Waals surface area (Å²) in [5, 5.41) is 19.7. The van der Waals surface area contributed by atoms with Crippen LogP contribution in [0.5, 0.6) is 0 Å². The van der Waals surface area contributed by atoms with E-state index in [9.17, 15) is 5.11 Å². The average Bonchev–Trinajstić information content (AvgIpc) is 2.74. The molecule has 3 heteroatoms. The number of hydrogen-bond donors (Lipinski definition) is 2. The molecule has 0 aliphatic heterocycles. The molecule has 1 aromatic carbocycles. The topological polar surface area (TPSA) is 40.5 Å². The maximum absolute atomic E-state index is 10.6. The minimum atomic E-state index is -0.365. The molecule has 0 heterocycles. The summed E-state index contributed by atoms with van der Waals surface area (Å²) in [6, 6.07) is 10.3. The maximum Gasteiger partial charge on any atom is 0.0697 e. The minimum absolute atomic E-state index is 0.0826. The molecule has 0 aromatic heterocycles. The summed E-state index contributed by atoms with van der Waals surface area (Å²) in [4.78, 5) is 1.20. The molecule has 2 nitrogen and oxygen atoms in total. The van der Waals surface area contributed by atoms with Gasteiger partial charge in [0.2, 0.25) is 0 Å². The van der Waals surface area contributed by atoms with Gasteiger partial charge in [0.1, 0.15) is 0 Å². The van der Waals surface area contributed by atoms with Crippen LogP contribution >= 0.6 is 11.8 Å². The van der Waals surface area contributed by atoms with Crippen molar-refractivity contribution in [3.63, 3.8) is 0 Å². The van der Waals surface area contributed by atoms with Gasteiger partial charge in [0.15, 0.2) is 0 Å². The fourth-order valence-corrected chi connectivity index (χ4v) is 4.62. The highest BCUT2D eigenvalue weighted by Crippen LogP contribution is 2.28. The van der Waals surface area contributed by atoms with Crippen molar-refractivity contribution in [1.82, 2.24) is 0 Å². The Morgan fingerprint density at radius 3 is 2.07 bits per heavy atom. The van der Waals surface area contributed by atoms with Crippen molar-refractivity contribution in [1.29, 1.82) is 0 Å². The lowest BCUT2D eigenvalue weighted by molar-refractivity contribution is 0.164. The normalized spacial score (nSPS) is 13.8. The molecule has 0 saturated heterocycles. The van der Waals surface area contributed by atoms with Gasteiger partial charge in [0.25, 0.3) is 0 Å². The van der Waals surface area contributed by atoms with Gasteiger partial charge in [-0.15, -0.1) is 11.8 Å². The first kappa shape index (κ1) is 26.3. The zero-order chi connectivity index (χ0) is 21.0. The van der Waals surface area contributed by atoms with Crippen LogP contribution in [0.1, 0.15) is 96.8 Å². The largest absolute Gasteiger partial charge is 0.396 e. The van der Waals surface area contributed by atoms with Gasteiger partial charge in [0.05, 0.1) is 11.4 Å². The standard InChI is InChI=1S/C26H44O2S/c1-2-3-4-5-6-7-8-9-10-11-12-16-22-26(25(28)21-17-18-23-27)29-24-19-14-13-15-20-24/h13-16,19-20,22,25-28H,2-12,17-18,21,23H2,1H3/t25-,26+/m0/s1. The Bertz CT molecular complexity index is 489. The van der Waals surface area contributed by atoms with Crippen LogP contribution in [0.4, 0.5) is 0 Å². The third kappa shape index (κ3) is 14.8. The number of hydrogen-bond acceptors (Lipinski definition) is 3. The van der Waals surface area contributed by atoms with Crippen molar-refractivity contribution in [2.24, 2.45) is 0 Å². The van der Waals surface area contributed by atoms with E-state index in [1.165, 1.54) is 69.1 Å². The predicted molar refractivity (Wildman–Crippen MR) is 129 cm³/mol. The van der Waals surface area contributed by atoms with E-state index in [2.05, 4.69) is 31.2 Å². The summed E-state index contributed by atoms with van der Waals surface area (Å²) >= 11 is 1.74. The van der Waals surface area contributed by atoms with Crippen LogP contribution < -0.4 is 0 Å². The molecule has 0 unspecified atom stereocenters. The van der Waals surface area contributed by atoms with E-state index < -0.39 is 0 Å². The lowest BCUT2D eigenvalue weighted by atomic mass is 10.1. The Balaban J connectivity index is 2.24. The fraction of sp³-hybridized carbons (Fsp3) is 0.692. The van der Waals surface area contributed by atoms with Gasteiger partial charge in [-0.2, -0.15) is 0 Å². The van der Waals surface area contributed by atoms with E-state index in [-0.39, 0.29) is 18.0 Å². The molecule has 0 bridgehead atoms. The monoisotopic (exact) mass is 420 g/mol. The summed E-state index contributed by atoms with van der Waals surface area (Å²) in [6.07, 6.45) is 21.2. The summed E-state index contributed by atoms with van der Waals surface area (Å²) < 4.78 is 0. The fourth-order valence-electron chi connectivity index (χ4n) is 3.51. The van der Waals surface area contributed by atoms with Crippen molar-refractivity contribution in [2.75, 3.05) is 6.61 Å². The highest BCUT2D eigenvalue weighted by Gasteiger charge is 2.17. The molecule has 0 spiro atoms. The first-order valence-corrected chi connectivity index (χ1v) is 12.8. The summed E-state index contributed by atoms with van der Waals surface area (Å²) in [6.45, 7) is 2.48. The molecule has 0 aliphatic rings. The molecule has 0 amide bonds. The average molecular weight is 421 g/mol. The van der Waals surface area contributed by atoms with Crippen LogP contribution in [0.25, 0.3) is 0 Å². The molecular weight excluding hydrogens is 376 g/mol. The van der Waals surface area contributed by atoms with Crippen molar-refractivity contribution in [2.45, 2.75) is 113 Å². The molecule has 0 aliphatic carbocycles. The van der Waals surface area contributed by atoms with Crippen molar-refractivity contribution >= 4 is 11.8 Å². The van der Waals surface area contributed by atoms with Gasteiger partial charge in [-0.3, -0.25) is 0 Å². The molecule has 0 radical (unpaired) electrons. The van der Waals surface area contributed by atoms with Crippen molar-refractivity contribution in [3.05, 3.63) is 42.5 Å². The molecule has 0 fully saturated rings. The van der Waals surface area contributed by atoms with E-state index in [0.29, 0.717) is 0 Å². The molecule has 1 rings (SSSR count). The lowest BCUT2D eigenvalue weighted by Crippen LogP contribution is -2.21. The Labute approximate surface area is 184 Å². The van der Waals surface area contributed by atoms with Crippen molar-refractivity contribution < 1.29 is 10.2 Å². The van der Waals surface area contributed by atoms with Crippen LogP contribution in [0.3, 0.4) is 0 Å². The Hall–Kier alpha value is -0.770. The number of unbranched alkanes of at least 4 members (excludes halogenated alkanes) is 11. The number of benzene rings is 1. The molecule has 2 atom stereocenters. The van der Waals surface area contributed by atoms with E-state index >= 15 is 0 Å². The van der Waals surface area contributed by atoms with Gasteiger partial charge in [0, 0.05) is 11.5 Å². The molecular formula is C26H44O2S. The molecule has 2 N–H and O–H groups in total. The predicted octanol–water partition coefficient (Wildman–Crippen LogP) is 7.54. The van der Waals surface area contributed by atoms with Crippen molar-refractivity contribution in [3.8, 4) is 0 Å². The van der Waals surface area contributed by atoms with Gasteiger partial charge < -0.3 is 10.2 Å². The van der Waals surface area contributed by atoms with Gasteiger partial charge in [-0.05, 0) is 44.2 Å². The summed E-state index contributed by atoms with van der Waals surface area (Å²) in [5.74, 6) is 0. The number of allylic oxidation sites excluding steroid dienone is 1.